The highest BCUT2D eigenvalue weighted by Gasteiger charge is 2.40. The number of carbonyl (C=O) groups is 3. The van der Waals surface area contributed by atoms with Gasteiger partial charge in [0.25, 0.3) is 11.8 Å². The molecule has 0 bridgehead atoms. The Morgan fingerprint density at radius 2 is 1.82 bits per heavy atom. The average Bonchev–Trinajstić information content (AvgIpc) is 2.82. The Hall–Kier alpha value is -2.40. The molecule has 1 aliphatic heterocycles. The maximum Gasteiger partial charge on any atom is 0.331 e. The van der Waals surface area contributed by atoms with Crippen LogP contribution in [0.15, 0.2) is 46.4 Å². The molecule has 1 saturated heterocycles. The number of nitrogens with one attached hydrogen (secondary N) is 1. The first-order valence-electron chi connectivity index (χ1n) is 11.0. The molecule has 0 spiro atoms. The fraction of sp³-hybridized carbons (Fsp3) is 0.320. The maximum atomic E-state index is 13.1. The molecule has 0 aromatic heterocycles. The third-order valence-electron chi connectivity index (χ3n) is 5.93. The van der Waals surface area contributed by atoms with Crippen LogP contribution in [0.3, 0.4) is 0 Å². The Kier molecular flexibility index (Phi) is 7.92. The summed E-state index contributed by atoms with van der Waals surface area (Å²) in [7, 11) is 1.53. The molecule has 4 rings (SSSR count). The quantitative estimate of drug-likeness (QED) is 0.259. The molecule has 1 N–H and O–H groups in total. The van der Waals surface area contributed by atoms with Gasteiger partial charge in [0.05, 0.1) is 11.6 Å². The summed E-state index contributed by atoms with van der Waals surface area (Å²) in [5, 5.41) is 2.32. The van der Waals surface area contributed by atoms with Gasteiger partial charge in [0, 0.05) is 9.61 Å². The van der Waals surface area contributed by atoms with Gasteiger partial charge in [0.2, 0.25) is 0 Å². The van der Waals surface area contributed by atoms with Crippen LogP contribution in [0.5, 0.6) is 11.5 Å². The van der Waals surface area contributed by atoms with Crippen LogP contribution < -0.4 is 14.8 Å². The Bertz CT molecular complexity index is 1140. The van der Waals surface area contributed by atoms with E-state index in [1.807, 2.05) is 24.3 Å². The molecule has 2 fully saturated rings. The Labute approximate surface area is 220 Å². The Balaban J connectivity index is 1.59. The van der Waals surface area contributed by atoms with Crippen molar-refractivity contribution in [1.82, 2.24) is 10.2 Å². The predicted molar refractivity (Wildman–Crippen MR) is 139 cm³/mol. The molecule has 0 atom stereocenters. The Morgan fingerprint density at radius 3 is 2.50 bits per heavy atom. The molecule has 1 saturated carbocycles. The van der Waals surface area contributed by atoms with Crippen molar-refractivity contribution in [3.8, 4) is 11.5 Å². The highest BCUT2D eigenvalue weighted by atomic mass is 127. The van der Waals surface area contributed by atoms with Gasteiger partial charge in [0.1, 0.15) is 12.2 Å². The van der Waals surface area contributed by atoms with Crippen molar-refractivity contribution in [3.63, 3.8) is 0 Å². The van der Waals surface area contributed by atoms with Crippen LogP contribution in [-0.4, -0.2) is 35.9 Å². The monoisotopic (exact) mass is 638 g/mol. The lowest BCUT2D eigenvalue weighted by Crippen LogP contribution is -2.58. The predicted octanol–water partition coefficient (Wildman–Crippen LogP) is 5.44. The van der Waals surface area contributed by atoms with Crippen LogP contribution in [-0.2, 0) is 16.2 Å². The fourth-order valence-corrected chi connectivity index (χ4v) is 5.14. The SMILES string of the molecule is COc1cc(C=C2C(=O)NC(=O)N(C3CCCCC3)C2=O)cc(Br)c1OCc1ccc(I)cc1. The van der Waals surface area contributed by atoms with Gasteiger partial charge >= 0.3 is 6.03 Å². The molecule has 7 nitrogen and oxygen atoms in total. The van der Waals surface area contributed by atoms with E-state index in [0.29, 0.717) is 28.1 Å². The minimum absolute atomic E-state index is 0.0771. The van der Waals surface area contributed by atoms with Crippen LogP contribution in [0.25, 0.3) is 6.08 Å². The lowest BCUT2D eigenvalue weighted by Gasteiger charge is -2.35. The molecule has 0 radical (unpaired) electrons. The largest absolute Gasteiger partial charge is 0.493 e. The summed E-state index contributed by atoms with van der Waals surface area (Å²) < 4.78 is 13.3. The summed E-state index contributed by atoms with van der Waals surface area (Å²) in [4.78, 5) is 39.3. The van der Waals surface area contributed by atoms with Gasteiger partial charge in [-0.1, -0.05) is 31.4 Å². The number of amides is 4. The number of rotatable bonds is 6. The first kappa shape index (κ1) is 24.7. The second-order valence-electron chi connectivity index (χ2n) is 8.23. The number of halogens is 2. The van der Waals surface area contributed by atoms with Gasteiger partial charge in [-0.15, -0.1) is 0 Å². The molecule has 9 heteroatoms. The minimum Gasteiger partial charge on any atom is -0.493 e. The molecule has 1 heterocycles. The maximum absolute atomic E-state index is 13.1. The highest BCUT2D eigenvalue weighted by molar-refractivity contribution is 14.1. The first-order chi connectivity index (χ1) is 16.4. The highest BCUT2D eigenvalue weighted by Crippen LogP contribution is 2.38. The van der Waals surface area contributed by atoms with Crippen molar-refractivity contribution < 1.29 is 23.9 Å². The van der Waals surface area contributed by atoms with E-state index in [-0.39, 0.29) is 11.6 Å². The lowest BCUT2D eigenvalue weighted by molar-refractivity contribution is -0.132. The minimum atomic E-state index is -0.698. The topological polar surface area (TPSA) is 84.9 Å². The van der Waals surface area contributed by atoms with Gasteiger partial charge in [-0.2, -0.15) is 0 Å². The van der Waals surface area contributed by atoms with E-state index in [2.05, 4.69) is 43.8 Å². The molecule has 2 aromatic carbocycles. The summed E-state index contributed by atoms with van der Waals surface area (Å²) in [5.74, 6) is -0.289. The van der Waals surface area contributed by atoms with E-state index in [0.717, 1.165) is 41.2 Å². The number of methoxy groups -OCH3 is 1. The van der Waals surface area contributed by atoms with E-state index in [1.165, 1.54) is 18.1 Å². The van der Waals surface area contributed by atoms with Crippen LogP contribution in [0.4, 0.5) is 4.79 Å². The second kappa shape index (κ2) is 10.9. The fourth-order valence-electron chi connectivity index (χ4n) is 4.21. The van der Waals surface area contributed by atoms with Crippen LogP contribution in [0.1, 0.15) is 43.2 Å². The van der Waals surface area contributed by atoms with Gasteiger partial charge in [-0.3, -0.25) is 19.8 Å². The molecule has 1 aliphatic carbocycles. The first-order valence-corrected chi connectivity index (χ1v) is 12.9. The third kappa shape index (κ3) is 5.46. The molecular formula is C25H24BrIN2O5. The number of carbonyl (C=O) groups excluding carboxylic acids is 3. The second-order valence-corrected chi connectivity index (χ2v) is 10.3. The zero-order chi connectivity index (χ0) is 24.2. The summed E-state index contributed by atoms with van der Waals surface area (Å²) in [6.45, 7) is 0.353. The number of urea groups is 1. The number of imide groups is 2. The smallest absolute Gasteiger partial charge is 0.331 e. The third-order valence-corrected chi connectivity index (χ3v) is 7.24. The number of ether oxygens (including phenoxy) is 2. The number of nitrogens with zero attached hydrogens (tertiary/aromatic N) is 1. The molecular weight excluding hydrogens is 615 g/mol. The molecule has 0 unspecified atom stereocenters. The van der Waals surface area contributed by atoms with Gasteiger partial charge in [-0.25, -0.2) is 4.79 Å². The van der Waals surface area contributed by atoms with E-state index in [4.69, 9.17) is 9.47 Å². The molecule has 178 valence electrons. The number of hydrogen-bond donors (Lipinski definition) is 1. The lowest BCUT2D eigenvalue weighted by atomic mass is 9.93. The van der Waals surface area contributed by atoms with Crippen molar-refractivity contribution in [2.45, 2.75) is 44.8 Å². The Morgan fingerprint density at radius 1 is 1.12 bits per heavy atom. The zero-order valence-electron chi connectivity index (χ0n) is 18.6. The molecule has 34 heavy (non-hydrogen) atoms. The standard InChI is InChI=1S/C25H24BrIN2O5/c1-33-21-13-16(12-20(26)22(21)34-14-15-7-9-17(27)10-8-15)11-19-23(30)28-25(32)29(24(19)31)18-5-3-2-4-6-18/h7-13,18H,2-6,14H2,1H3,(H,28,30,32). The van der Waals surface area contributed by atoms with Crippen molar-refractivity contribution >= 4 is 62.4 Å². The molecule has 2 aromatic rings. The summed E-state index contributed by atoms with van der Waals surface area (Å²) in [5.41, 5.74) is 1.51. The van der Waals surface area contributed by atoms with E-state index < -0.39 is 17.8 Å². The van der Waals surface area contributed by atoms with Gasteiger partial charge in [-0.05, 0) is 92.8 Å². The van der Waals surface area contributed by atoms with E-state index in [9.17, 15) is 14.4 Å². The van der Waals surface area contributed by atoms with E-state index in [1.54, 1.807) is 12.1 Å². The number of hydrogen-bond acceptors (Lipinski definition) is 5. The summed E-state index contributed by atoms with van der Waals surface area (Å²) in [6.07, 6.45) is 6.01. The van der Waals surface area contributed by atoms with Crippen molar-refractivity contribution in [2.75, 3.05) is 7.11 Å². The number of barbiturate groups is 1. The number of benzene rings is 2. The van der Waals surface area contributed by atoms with Crippen molar-refractivity contribution in [2.24, 2.45) is 0 Å². The van der Waals surface area contributed by atoms with E-state index >= 15 is 0 Å². The van der Waals surface area contributed by atoms with Crippen LogP contribution in [0.2, 0.25) is 0 Å². The van der Waals surface area contributed by atoms with Gasteiger partial charge < -0.3 is 9.47 Å². The van der Waals surface area contributed by atoms with Crippen LogP contribution >= 0.6 is 38.5 Å². The van der Waals surface area contributed by atoms with Gasteiger partial charge in [0.15, 0.2) is 11.5 Å². The van der Waals surface area contributed by atoms with Crippen molar-refractivity contribution in [3.05, 3.63) is 61.1 Å². The molecule has 4 amide bonds. The average molecular weight is 639 g/mol. The van der Waals surface area contributed by atoms with Crippen molar-refractivity contribution in [1.29, 1.82) is 0 Å². The van der Waals surface area contributed by atoms with Crippen LogP contribution in [0, 0.1) is 3.57 Å². The molecule has 2 aliphatic rings. The summed E-state index contributed by atoms with van der Waals surface area (Å²) in [6, 6.07) is 10.6. The zero-order valence-corrected chi connectivity index (χ0v) is 22.3. The summed E-state index contributed by atoms with van der Waals surface area (Å²) >= 11 is 5.77. The normalized spacial score (nSPS) is 18.3.